The lowest BCUT2D eigenvalue weighted by molar-refractivity contribution is 0.0218. The third-order valence-electron chi connectivity index (χ3n) is 2.08. The maximum absolute atomic E-state index is 13.0. The Hall–Kier alpha value is -0.820. The summed E-state index contributed by atoms with van der Waals surface area (Å²) in [5, 5.41) is 9.64. The number of thioether (sulfide) groups is 1. The van der Waals surface area contributed by atoms with E-state index in [1.807, 2.05) is 0 Å². The Balaban J connectivity index is 2.26. The molecule has 4 nitrogen and oxygen atoms in total. The zero-order valence-corrected chi connectivity index (χ0v) is 11.1. The van der Waals surface area contributed by atoms with E-state index in [-0.39, 0.29) is 12.4 Å². The van der Waals surface area contributed by atoms with E-state index in [9.17, 15) is 9.50 Å². The molecule has 1 aromatic rings. The van der Waals surface area contributed by atoms with Gasteiger partial charge in [0.05, 0.1) is 25.9 Å². The standard InChI is InChI=1S/C12H18FNO3S/c1-16-2-3-17-7-11(15)8-18-12-5-9(13)4-10(14)6-12/h4-6,11,15H,2-3,7-8,14H2,1H3. The van der Waals surface area contributed by atoms with Crippen molar-refractivity contribution < 1.29 is 19.0 Å². The van der Waals surface area contributed by atoms with Crippen LogP contribution in [0.2, 0.25) is 0 Å². The minimum atomic E-state index is -0.601. The molecule has 6 heteroatoms. The van der Waals surface area contributed by atoms with Crippen molar-refractivity contribution in [3.63, 3.8) is 0 Å². The molecule has 0 spiro atoms. The van der Waals surface area contributed by atoms with Crippen LogP contribution in [0.1, 0.15) is 0 Å². The summed E-state index contributed by atoms with van der Waals surface area (Å²) >= 11 is 1.34. The maximum atomic E-state index is 13.0. The van der Waals surface area contributed by atoms with E-state index in [0.29, 0.717) is 29.5 Å². The van der Waals surface area contributed by atoms with Crippen LogP contribution < -0.4 is 5.73 Å². The molecule has 0 radical (unpaired) electrons. The number of hydrogen-bond donors (Lipinski definition) is 2. The van der Waals surface area contributed by atoms with Gasteiger partial charge in [0.2, 0.25) is 0 Å². The van der Waals surface area contributed by atoms with Crippen LogP contribution in [-0.2, 0) is 9.47 Å². The van der Waals surface area contributed by atoms with E-state index < -0.39 is 6.10 Å². The van der Waals surface area contributed by atoms with E-state index in [4.69, 9.17) is 15.2 Å². The Kier molecular flexibility index (Phi) is 7.04. The van der Waals surface area contributed by atoms with Gasteiger partial charge in [0.1, 0.15) is 5.82 Å². The van der Waals surface area contributed by atoms with Crippen LogP contribution in [0.25, 0.3) is 0 Å². The summed E-state index contributed by atoms with van der Waals surface area (Å²) in [6.07, 6.45) is -0.601. The smallest absolute Gasteiger partial charge is 0.126 e. The van der Waals surface area contributed by atoms with Crippen molar-refractivity contribution in [2.24, 2.45) is 0 Å². The second-order valence-corrected chi connectivity index (χ2v) is 4.85. The topological polar surface area (TPSA) is 64.7 Å². The Bertz CT molecular complexity index is 345. The summed E-state index contributed by atoms with van der Waals surface area (Å²) in [5.41, 5.74) is 5.90. The number of nitrogens with two attached hydrogens (primary N) is 1. The van der Waals surface area contributed by atoms with E-state index in [2.05, 4.69) is 0 Å². The molecule has 1 unspecified atom stereocenters. The van der Waals surface area contributed by atoms with Gasteiger partial charge in [-0.25, -0.2) is 4.39 Å². The van der Waals surface area contributed by atoms with Crippen molar-refractivity contribution in [1.29, 1.82) is 0 Å². The van der Waals surface area contributed by atoms with Gasteiger partial charge in [0, 0.05) is 23.4 Å². The summed E-state index contributed by atoms with van der Waals surface area (Å²) in [4.78, 5) is 0.698. The number of benzene rings is 1. The van der Waals surface area contributed by atoms with Gasteiger partial charge in [-0.2, -0.15) is 0 Å². The predicted molar refractivity (Wildman–Crippen MR) is 70.2 cm³/mol. The minimum Gasteiger partial charge on any atom is -0.399 e. The fourth-order valence-electron chi connectivity index (χ4n) is 1.27. The molecule has 3 N–H and O–H groups in total. The summed E-state index contributed by atoms with van der Waals surface area (Å²) in [5.74, 6) is 0.0546. The lowest BCUT2D eigenvalue weighted by Gasteiger charge is -2.11. The lowest BCUT2D eigenvalue weighted by Crippen LogP contribution is -2.19. The fraction of sp³-hybridized carbons (Fsp3) is 0.500. The summed E-state index contributed by atoms with van der Waals surface area (Å²) in [6.45, 7) is 1.19. The van der Waals surface area contributed by atoms with Crippen molar-refractivity contribution in [3.8, 4) is 0 Å². The molecule has 0 aliphatic heterocycles. The molecule has 1 rings (SSSR count). The number of aliphatic hydroxyl groups excluding tert-OH is 1. The number of rotatable bonds is 8. The highest BCUT2D eigenvalue weighted by atomic mass is 32.2. The van der Waals surface area contributed by atoms with Crippen molar-refractivity contribution in [1.82, 2.24) is 0 Å². The summed E-state index contributed by atoms with van der Waals surface area (Å²) in [6, 6.07) is 4.32. The number of ether oxygens (including phenoxy) is 2. The highest BCUT2D eigenvalue weighted by molar-refractivity contribution is 7.99. The second kappa shape index (κ2) is 8.31. The maximum Gasteiger partial charge on any atom is 0.126 e. The third kappa shape index (κ3) is 6.20. The van der Waals surface area contributed by atoms with Crippen molar-refractivity contribution in [2.45, 2.75) is 11.0 Å². The Labute approximate surface area is 110 Å². The molecular weight excluding hydrogens is 257 g/mol. The monoisotopic (exact) mass is 275 g/mol. The molecule has 18 heavy (non-hydrogen) atoms. The average Bonchev–Trinajstić information content (AvgIpc) is 2.31. The highest BCUT2D eigenvalue weighted by Crippen LogP contribution is 2.22. The first-order chi connectivity index (χ1) is 8.61. The Morgan fingerprint density at radius 2 is 2.17 bits per heavy atom. The zero-order valence-electron chi connectivity index (χ0n) is 10.3. The number of hydrogen-bond acceptors (Lipinski definition) is 5. The number of methoxy groups -OCH3 is 1. The molecule has 102 valence electrons. The van der Waals surface area contributed by atoms with Gasteiger partial charge < -0.3 is 20.3 Å². The number of halogens is 1. The molecule has 0 fully saturated rings. The number of anilines is 1. The fourth-order valence-corrected chi connectivity index (χ4v) is 2.17. The first kappa shape index (κ1) is 15.2. The van der Waals surface area contributed by atoms with Crippen LogP contribution >= 0.6 is 11.8 Å². The largest absolute Gasteiger partial charge is 0.399 e. The van der Waals surface area contributed by atoms with Crippen LogP contribution in [0.3, 0.4) is 0 Å². The molecule has 0 saturated heterocycles. The van der Waals surface area contributed by atoms with Gasteiger partial charge in [0.15, 0.2) is 0 Å². The van der Waals surface area contributed by atoms with Gasteiger partial charge >= 0.3 is 0 Å². The van der Waals surface area contributed by atoms with Gasteiger partial charge in [-0.1, -0.05) is 0 Å². The van der Waals surface area contributed by atoms with E-state index in [1.165, 1.54) is 23.9 Å². The van der Waals surface area contributed by atoms with Crippen molar-refractivity contribution in [3.05, 3.63) is 24.0 Å². The van der Waals surface area contributed by atoms with Gasteiger partial charge in [-0.3, -0.25) is 0 Å². The molecule has 0 heterocycles. The molecule has 0 bridgehead atoms. The van der Waals surface area contributed by atoms with Crippen LogP contribution in [0.5, 0.6) is 0 Å². The molecule has 0 saturated carbocycles. The SMILES string of the molecule is COCCOCC(O)CSc1cc(N)cc(F)c1. The molecule has 1 aromatic carbocycles. The number of aliphatic hydroxyl groups is 1. The Morgan fingerprint density at radius 1 is 1.39 bits per heavy atom. The molecule has 0 aromatic heterocycles. The molecule has 0 amide bonds. The van der Waals surface area contributed by atoms with E-state index in [0.717, 1.165) is 0 Å². The van der Waals surface area contributed by atoms with E-state index >= 15 is 0 Å². The summed E-state index contributed by atoms with van der Waals surface area (Å²) < 4.78 is 23.0. The minimum absolute atomic E-state index is 0.237. The van der Waals surface area contributed by atoms with Gasteiger partial charge in [0.25, 0.3) is 0 Å². The Morgan fingerprint density at radius 3 is 2.83 bits per heavy atom. The first-order valence-electron chi connectivity index (χ1n) is 5.55. The zero-order chi connectivity index (χ0) is 13.4. The molecule has 1 atom stereocenters. The van der Waals surface area contributed by atoms with Crippen molar-refractivity contribution >= 4 is 17.4 Å². The second-order valence-electron chi connectivity index (χ2n) is 3.75. The molecular formula is C12H18FNO3S. The lowest BCUT2D eigenvalue weighted by atomic mass is 10.3. The highest BCUT2D eigenvalue weighted by Gasteiger charge is 2.06. The first-order valence-corrected chi connectivity index (χ1v) is 6.54. The van der Waals surface area contributed by atoms with E-state index in [1.54, 1.807) is 13.2 Å². The number of nitrogen functional groups attached to an aromatic ring is 1. The average molecular weight is 275 g/mol. The normalized spacial score (nSPS) is 12.6. The van der Waals surface area contributed by atoms with Crippen LogP contribution in [0.4, 0.5) is 10.1 Å². The van der Waals surface area contributed by atoms with Gasteiger partial charge in [-0.15, -0.1) is 11.8 Å². The molecule has 0 aliphatic rings. The quantitative estimate of drug-likeness (QED) is 0.428. The third-order valence-corrected chi connectivity index (χ3v) is 3.20. The molecule has 0 aliphatic carbocycles. The van der Waals surface area contributed by atoms with Crippen LogP contribution in [0.15, 0.2) is 23.1 Å². The van der Waals surface area contributed by atoms with Crippen molar-refractivity contribution in [2.75, 3.05) is 38.4 Å². The van der Waals surface area contributed by atoms with Gasteiger partial charge in [-0.05, 0) is 18.2 Å². The van der Waals surface area contributed by atoms with Crippen LogP contribution in [-0.4, -0.2) is 43.9 Å². The summed E-state index contributed by atoms with van der Waals surface area (Å²) in [7, 11) is 1.59. The predicted octanol–water partition coefficient (Wildman–Crippen LogP) is 1.52. The van der Waals surface area contributed by atoms with Crippen LogP contribution in [0, 0.1) is 5.82 Å².